The van der Waals surface area contributed by atoms with E-state index in [1.54, 1.807) is 22.6 Å². The van der Waals surface area contributed by atoms with Gasteiger partial charge in [-0.15, -0.1) is 11.8 Å². The topological polar surface area (TPSA) is 67.2 Å². The highest BCUT2D eigenvalue weighted by molar-refractivity contribution is 7.99. The number of halogens is 1. The third kappa shape index (κ3) is 3.75. The number of aromatic nitrogens is 2. The van der Waals surface area contributed by atoms with Gasteiger partial charge in [0.2, 0.25) is 11.8 Å². The summed E-state index contributed by atoms with van der Waals surface area (Å²) in [4.78, 5) is 27.1. The van der Waals surface area contributed by atoms with E-state index in [2.05, 4.69) is 10.4 Å². The van der Waals surface area contributed by atoms with E-state index in [9.17, 15) is 14.0 Å². The molecule has 1 aromatic carbocycles. The monoisotopic (exact) mass is 376 g/mol. The molecule has 2 heterocycles. The summed E-state index contributed by atoms with van der Waals surface area (Å²) in [5, 5.41) is 7.07. The summed E-state index contributed by atoms with van der Waals surface area (Å²) < 4.78 is 15.0. The van der Waals surface area contributed by atoms with Crippen LogP contribution < -0.4 is 5.32 Å². The SMILES string of the molecule is Cc1cc(C)n(C(C)C(=O)N2CSCC2C(=O)Nc2cccc(F)c2)n1. The van der Waals surface area contributed by atoms with Gasteiger partial charge in [0.15, 0.2) is 0 Å². The second kappa shape index (κ2) is 7.49. The molecule has 0 spiro atoms. The molecule has 2 amide bonds. The molecule has 0 radical (unpaired) electrons. The van der Waals surface area contributed by atoms with Gasteiger partial charge >= 0.3 is 0 Å². The fourth-order valence-corrected chi connectivity index (χ4v) is 4.22. The normalized spacial score (nSPS) is 18.0. The van der Waals surface area contributed by atoms with E-state index in [1.165, 1.54) is 30.0 Å². The van der Waals surface area contributed by atoms with Crippen molar-refractivity contribution in [1.29, 1.82) is 0 Å². The summed E-state index contributed by atoms with van der Waals surface area (Å²) in [5.41, 5.74) is 2.13. The average Bonchev–Trinajstić information content (AvgIpc) is 3.20. The number of anilines is 1. The van der Waals surface area contributed by atoms with E-state index >= 15 is 0 Å². The molecule has 1 saturated heterocycles. The molecule has 0 bridgehead atoms. The van der Waals surface area contributed by atoms with Crippen LogP contribution in [-0.2, 0) is 9.59 Å². The number of hydrogen-bond acceptors (Lipinski definition) is 4. The van der Waals surface area contributed by atoms with Crippen LogP contribution in [0.2, 0.25) is 0 Å². The van der Waals surface area contributed by atoms with Gasteiger partial charge in [-0.05, 0) is 45.0 Å². The predicted molar refractivity (Wildman–Crippen MR) is 99.4 cm³/mol. The Labute approximate surface area is 155 Å². The number of amides is 2. The first kappa shape index (κ1) is 18.4. The van der Waals surface area contributed by atoms with Crippen molar-refractivity contribution in [2.75, 3.05) is 16.9 Å². The van der Waals surface area contributed by atoms with Crippen molar-refractivity contribution in [2.45, 2.75) is 32.9 Å². The van der Waals surface area contributed by atoms with Crippen LogP contribution in [0, 0.1) is 19.7 Å². The number of carbonyl (C=O) groups is 2. The molecule has 138 valence electrons. The average molecular weight is 376 g/mol. The number of aryl methyl sites for hydroxylation is 2. The Morgan fingerprint density at radius 3 is 2.77 bits per heavy atom. The molecule has 1 aliphatic heterocycles. The maximum Gasteiger partial charge on any atom is 0.248 e. The molecule has 1 fully saturated rings. The van der Waals surface area contributed by atoms with E-state index in [0.717, 1.165) is 11.4 Å². The number of carbonyl (C=O) groups excluding carboxylic acids is 2. The first-order chi connectivity index (χ1) is 12.4. The van der Waals surface area contributed by atoms with Crippen molar-refractivity contribution in [3.05, 3.63) is 47.5 Å². The molecular formula is C18H21FN4O2S. The number of thioether (sulfide) groups is 1. The maximum atomic E-state index is 13.3. The van der Waals surface area contributed by atoms with Crippen LogP contribution in [0.4, 0.5) is 10.1 Å². The van der Waals surface area contributed by atoms with Crippen LogP contribution >= 0.6 is 11.8 Å². The Morgan fingerprint density at radius 2 is 2.12 bits per heavy atom. The highest BCUT2D eigenvalue weighted by Gasteiger charge is 2.37. The first-order valence-electron chi connectivity index (χ1n) is 8.34. The fourth-order valence-electron chi connectivity index (χ4n) is 3.05. The minimum absolute atomic E-state index is 0.152. The lowest BCUT2D eigenvalue weighted by Gasteiger charge is -2.26. The van der Waals surface area contributed by atoms with Gasteiger partial charge in [0, 0.05) is 17.1 Å². The van der Waals surface area contributed by atoms with Crippen LogP contribution in [0.25, 0.3) is 0 Å². The van der Waals surface area contributed by atoms with Gasteiger partial charge in [0.05, 0.1) is 11.6 Å². The molecule has 8 heteroatoms. The zero-order valence-corrected chi connectivity index (χ0v) is 15.7. The smallest absolute Gasteiger partial charge is 0.248 e. The van der Waals surface area contributed by atoms with Crippen molar-refractivity contribution in [3.63, 3.8) is 0 Å². The highest BCUT2D eigenvalue weighted by Crippen LogP contribution is 2.26. The summed E-state index contributed by atoms with van der Waals surface area (Å²) in [6.45, 7) is 5.56. The number of rotatable bonds is 4. The van der Waals surface area contributed by atoms with Crippen LogP contribution in [-0.4, -0.2) is 44.2 Å². The zero-order valence-electron chi connectivity index (χ0n) is 14.9. The Bertz CT molecular complexity index is 838. The molecule has 26 heavy (non-hydrogen) atoms. The molecular weight excluding hydrogens is 355 g/mol. The van der Waals surface area contributed by atoms with Crippen molar-refractivity contribution >= 4 is 29.3 Å². The first-order valence-corrected chi connectivity index (χ1v) is 9.49. The second-order valence-electron chi connectivity index (χ2n) is 6.37. The van der Waals surface area contributed by atoms with Crippen LogP contribution in [0.15, 0.2) is 30.3 Å². The van der Waals surface area contributed by atoms with Crippen molar-refractivity contribution < 1.29 is 14.0 Å². The van der Waals surface area contributed by atoms with Gasteiger partial charge in [0.25, 0.3) is 0 Å². The molecule has 1 aliphatic rings. The Morgan fingerprint density at radius 1 is 1.35 bits per heavy atom. The zero-order chi connectivity index (χ0) is 18.8. The lowest BCUT2D eigenvalue weighted by atomic mass is 10.2. The molecule has 2 unspecified atom stereocenters. The Balaban J connectivity index is 1.73. The number of nitrogens with one attached hydrogen (secondary N) is 1. The lowest BCUT2D eigenvalue weighted by Crippen LogP contribution is -2.47. The number of benzene rings is 1. The minimum Gasteiger partial charge on any atom is -0.324 e. The number of hydrogen-bond donors (Lipinski definition) is 1. The van der Waals surface area contributed by atoms with Gasteiger partial charge in [-0.25, -0.2) is 4.39 Å². The van der Waals surface area contributed by atoms with Gasteiger partial charge in [-0.3, -0.25) is 14.3 Å². The largest absolute Gasteiger partial charge is 0.324 e. The Hall–Kier alpha value is -2.35. The van der Waals surface area contributed by atoms with Gasteiger partial charge in [-0.1, -0.05) is 6.07 Å². The second-order valence-corrected chi connectivity index (χ2v) is 7.37. The summed E-state index contributed by atoms with van der Waals surface area (Å²) in [5.74, 6) is 0.0743. The predicted octanol–water partition coefficient (Wildman–Crippen LogP) is 2.74. The lowest BCUT2D eigenvalue weighted by molar-refractivity contribution is -0.139. The third-order valence-electron chi connectivity index (χ3n) is 4.33. The fraction of sp³-hybridized carbons (Fsp3) is 0.389. The third-order valence-corrected chi connectivity index (χ3v) is 5.34. The molecule has 3 rings (SSSR count). The Kier molecular flexibility index (Phi) is 5.31. The molecule has 1 aromatic heterocycles. The van der Waals surface area contributed by atoms with E-state index in [0.29, 0.717) is 17.3 Å². The summed E-state index contributed by atoms with van der Waals surface area (Å²) in [6.07, 6.45) is 0. The standard InChI is InChI=1S/C18H21FN4O2S/c1-11-7-12(2)23(21-11)13(3)18(25)22-10-26-9-16(22)17(24)20-15-6-4-5-14(19)8-15/h4-8,13,16H,9-10H2,1-3H3,(H,20,24). The molecule has 6 nitrogen and oxygen atoms in total. The van der Waals surface area contributed by atoms with E-state index in [4.69, 9.17) is 0 Å². The van der Waals surface area contributed by atoms with Crippen LogP contribution in [0.1, 0.15) is 24.4 Å². The molecule has 2 atom stereocenters. The van der Waals surface area contributed by atoms with Crippen LogP contribution in [0.5, 0.6) is 0 Å². The van der Waals surface area contributed by atoms with Crippen LogP contribution in [0.3, 0.4) is 0 Å². The minimum atomic E-state index is -0.588. The summed E-state index contributed by atoms with van der Waals surface area (Å²) >= 11 is 1.52. The van der Waals surface area contributed by atoms with Gasteiger partial charge in [-0.2, -0.15) is 5.10 Å². The summed E-state index contributed by atoms with van der Waals surface area (Å²) in [7, 11) is 0. The quantitative estimate of drug-likeness (QED) is 0.891. The molecule has 0 saturated carbocycles. The van der Waals surface area contributed by atoms with E-state index in [1.807, 2.05) is 19.9 Å². The molecule has 2 aromatic rings. The molecule has 1 N–H and O–H groups in total. The van der Waals surface area contributed by atoms with Gasteiger partial charge < -0.3 is 10.2 Å². The summed E-state index contributed by atoms with van der Waals surface area (Å²) in [6, 6.07) is 6.55. The van der Waals surface area contributed by atoms with E-state index in [-0.39, 0.29) is 11.8 Å². The van der Waals surface area contributed by atoms with Crippen molar-refractivity contribution in [2.24, 2.45) is 0 Å². The van der Waals surface area contributed by atoms with Crippen molar-refractivity contribution in [3.8, 4) is 0 Å². The number of nitrogens with zero attached hydrogens (tertiary/aromatic N) is 3. The molecule has 0 aliphatic carbocycles. The highest BCUT2D eigenvalue weighted by atomic mass is 32.2. The van der Waals surface area contributed by atoms with Gasteiger partial charge in [0.1, 0.15) is 17.9 Å². The van der Waals surface area contributed by atoms with E-state index < -0.39 is 17.9 Å². The van der Waals surface area contributed by atoms with Crippen molar-refractivity contribution in [1.82, 2.24) is 14.7 Å². The maximum absolute atomic E-state index is 13.3.